The fraction of sp³-hybridized carbons (Fsp3) is 0.364. The van der Waals surface area contributed by atoms with Crippen LogP contribution in [0.15, 0.2) is 41.7 Å². The Labute approximate surface area is 184 Å². The molecule has 0 spiro atoms. The standard InChI is InChI=1S/C22H24N6O4/c1-30-19-17(32-13-15-12-24-8-10-31-15)5-4-16-18(19)26-22(28-9-7-25-20(16)28)27-21(29)14-3-2-6-23-11-14/h2-6,11,15,24-25H,7-10,12-13H2,1H3. The lowest BCUT2D eigenvalue weighted by atomic mass is 10.2. The minimum absolute atomic E-state index is 0.0305. The van der Waals surface area contributed by atoms with E-state index in [1.165, 1.54) is 6.20 Å². The first-order chi connectivity index (χ1) is 15.7. The average molecular weight is 436 g/mol. The summed E-state index contributed by atoms with van der Waals surface area (Å²) in [5.74, 6) is 1.50. The summed E-state index contributed by atoms with van der Waals surface area (Å²) in [4.78, 5) is 25.7. The highest BCUT2D eigenvalue weighted by Gasteiger charge is 2.22. The third-order valence-electron chi connectivity index (χ3n) is 5.44. The zero-order valence-corrected chi connectivity index (χ0v) is 17.7. The number of hydrogen-bond acceptors (Lipinski definition) is 8. The second-order valence-electron chi connectivity index (χ2n) is 7.50. The molecule has 166 valence electrons. The molecule has 1 fully saturated rings. The Hall–Kier alpha value is -3.50. The van der Waals surface area contributed by atoms with Crippen molar-refractivity contribution < 1.29 is 19.0 Å². The van der Waals surface area contributed by atoms with Crippen LogP contribution in [-0.2, 0) is 11.3 Å². The number of methoxy groups -OCH3 is 1. The van der Waals surface area contributed by atoms with Gasteiger partial charge in [-0.25, -0.2) is 4.98 Å². The van der Waals surface area contributed by atoms with E-state index in [4.69, 9.17) is 19.2 Å². The number of nitrogens with one attached hydrogen (secondary N) is 2. The van der Waals surface area contributed by atoms with Gasteiger partial charge in [-0.3, -0.25) is 14.3 Å². The van der Waals surface area contributed by atoms with Crippen LogP contribution >= 0.6 is 0 Å². The summed E-state index contributed by atoms with van der Waals surface area (Å²) in [6, 6.07) is 7.19. The smallest absolute Gasteiger partial charge is 0.281 e. The number of carbonyl (C=O) groups is 1. The molecule has 10 nitrogen and oxygen atoms in total. The van der Waals surface area contributed by atoms with Crippen LogP contribution in [0.25, 0.3) is 10.9 Å². The highest BCUT2D eigenvalue weighted by Crippen LogP contribution is 2.37. The van der Waals surface area contributed by atoms with E-state index < -0.39 is 5.91 Å². The maximum atomic E-state index is 12.7. The minimum atomic E-state index is -0.403. The van der Waals surface area contributed by atoms with Crippen molar-refractivity contribution in [3.63, 3.8) is 0 Å². The van der Waals surface area contributed by atoms with Crippen LogP contribution in [0.5, 0.6) is 11.5 Å². The normalized spacial score (nSPS) is 18.3. The Kier molecular flexibility index (Phi) is 5.70. The van der Waals surface area contributed by atoms with E-state index in [1.807, 2.05) is 16.7 Å². The maximum absolute atomic E-state index is 12.7. The number of nitrogens with zero attached hydrogens (tertiary/aromatic N) is 4. The molecular weight excluding hydrogens is 412 g/mol. The van der Waals surface area contributed by atoms with E-state index in [2.05, 4.69) is 20.6 Å². The second kappa shape index (κ2) is 8.93. The number of fused-ring (bicyclic) bond motifs is 3. The van der Waals surface area contributed by atoms with Crippen LogP contribution in [0, 0.1) is 0 Å². The van der Waals surface area contributed by atoms with Gasteiger partial charge in [0, 0.05) is 44.0 Å². The second-order valence-corrected chi connectivity index (χ2v) is 7.50. The lowest BCUT2D eigenvalue weighted by Gasteiger charge is -2.24. The third-order valence-corrected chi connectivity index (χ3v) is 5.44. The number of rotatable bonds is 5. The van der Waals surface area contributed by atoms with Crippen LogP contribution in [0.3, 0.4) is 0 Å². The summed E-state index contributed by atoms with van der Waals surface area (Å²) in [6.07, 6.45) is 3.07. The number of amides is 1. The summed E-state index contributed by atoms with van der Waals surface area (Å²) >= 11 is 0. The van der Waals surface area contributed by atoms with E-state index in [9.17, 15) is 4.79 Å². The first kappa shape index (κ1) is 20.4. The highest BCUT2D eigenvalue weighted by molar-refractivity contribution is 5.96. The molecule has 0 saturated carbocycles. The Morgan fingerprint density at radius 3 is 3.06 bits per heavy atom. The predicted octanol–water partition coefficient (Wildman–Crippen LogP) is 0.974. The summed E-state index contributed by atoms with van der Waals surface area (Å²) in [6.45, 7) is 4.01. The van der Waals surface area contributed by atoms with Gasteiger partial charge in [0.15, 0.2) is 11.5 Å². The number of anilines is 1. The molecule has 2 N–H and O–H groups in total. The number of morpholine rings is 1. The van der Waals surface area contributed by atoms with E-state index in [0.29, 0.717) is 48.0 Å². The molecule has 1 saturated heterocycles. The molecule has 1 amide bonds. The quantitative estimate of drug-likeness (QED) is 0.609. The largest absolute Gasteiger partial charge is 0.491 e. The molecule has 10 heteroatoms. The van der Waals surface area contributed by atoms with E-state index in [0.717, 1.165) is 30.8 Å². The van der Waals surface area contributed by atoms with Gasteiger partial charge in [-0.1, -0.05) is 0 Å². The van der Waals surface area contributed by atoms with Crippen LogP contribution in [0.2, 0.25) is 0 Å². The minimum Gasteiger partial charge on any atom is -0.491 e. The molecular formula is C22H24N6O4. The van der Waals surface area contributed by atoms with Crippen molar-refractivity contribution in [1.82, 2.24) is 19.9 Å². The molecule has 32 heavy (non-hydrogen) atoms. The third kappa shape index (κ3) is 3.90. The topological polar surface area (TPSA) is 112 Å². The van der Waals surface area contributed by atoms with E-state index >= 15 is 0 Å². The molecule has 0 aliphatic carbocycles. The Balaban J connectivity index is 1.56. The van der Waals surface area contributed by atoms with Crippen molar-refractivity contribution in [3.05, 3.63) is 47.8 Å². The van der Waals surface area contributed by atoms with Gasteiger partial charge in [-0.05, 0) is 24.3 Å². The fourth-order valence-electron chi connectivity index (χ4n) is 3.90. The van der Waals surface area contributed by atoms with Crippen molar-refractivity contribution >= 4 is 22.6 Å². The van der Waals surface area contributed by atoms with Gasteiger partial charge < -0.3 is 24.8 Å². The van der Waals surface area contributed by atoms with Gasteiger partial charge in [0.1, 0.15) is 24.0 Å². The zero-order valence-electron chi connectivity index (χ0n) is 17.7. The Morgan fingerprint density at radius 1 is 1.34 bits per heavy atom. The van der Waals surface area contributed by atoms with Gasteiger partial charge >= 0.3 is 0 Å². The monoisotopic (exact) mass is 436 g/mol. The number of ether oxygens (including phenoxy) is 3. The first-order valence-electron chi connectivity index (χ1n) is 10.5. The lowest BCUT2D eigenvalue weighted by molar-refractivity contribution is -0.000225. The van der Waals surface area contributed by atoms with Crippen molar-refractivity contribution in [1.29, 1.82) is 0 Å². The lowest BCUT2D eigenvalue weighted by Crippen LogP contribution is -2.41. The molecule has 0 radical (unpaired) electrons. The molecule has 2 aliphatic heterocycles. The summed E-state index contributed by atoms with van der Waals surface area (Å²) < 4.78 is 19.3. The molecule has 4 heterocycles. The van der Waals surface area contributed by atoms with E-state index in [-0.39, 0.29) is 6.10 Å². The predicted molar refractivity (Wildman–Crippen MR) is 117 cm³/mol. The maximum Gasteiger partial charge on any atom is 0.281 e. The number of carbonyl (C=O) groups excluding carboxylic acids is 1. The van der Waals surface area contributed by atoms with E-state index in [1.54, 1.807) is 25.4 Å². The molecule has 1 aromatic carbocycles. The summed E-state index contributed by atoms with van der Waals surface area (Å²) in [7, 11) is 1.58. The Bertz CT molecular complexity index is 1200. The first-order valence-corrected chi connectivity index (χ1v) is 10.5. The van der Waals surface area contributed by atoms with Crippen molar-refractivity contribution in [2.75, 3.05) is 45.3 Å². The fourth-order valence-corrected chi connectivity index (χ4v) is 3.90. The van der Waals surface area contributed by atoms with Crippen molar-refractivity contribution in [2.24, 2.45) is 4.99 Å². The zero-order chi connectivity index (χ0) is 21.9. The molecule has 2 aromatic heterocycles. The van der Waals surface area contributed by atoms with Gasteiger partial charge in [0.2, 0.25) is 5.62 Å². The summed E-state index contributed by atoms with van der Waals surface area (Å²) in [5.41, 5.74) is 1.28. The van der Waals surface area contributed by atoms with Crippen LogP contribution in [0.1, 0.15) is 10.4 Å². The number of benzene rings is 1. The Morgan fingerprint density at radius 2 is 2.28 bits per heavy atom. The average Bonchev–Trinajstić information content (AvgIpc) is 3.34. The molecule has 1 unspecified atom stereocenters. The van der Waals surface area contributed by atoms with Crippen molar-refractivity contribution in [2.45, 2.75) is 12.6 Å². The van der Waals surface area contributed by atoms with Crippen molar-refractivity contribution in [3.8, 4) is 11.5 Å². The molecule has 0 bridgehead atoms. The van der Waals surface area contributed by atoms with Gasteiger partial charge in [0.25, 0.3) is 5.91 Å². The van der Waals surface area contributed by atoms with Gasteiger partial charge in [0.05, 0.1) is 19.3 Å². The number of pyridine rings is 1. The van der Waals surface area contributed by atoms with Crippen LogP contribution in [0.4, 0.5) is 5.82 Å². The van der Waals surface area contributed by atoms with Gasteiger partial charge in [-0.2, -0.15) is 4.99 Å². The van der Waals surface area contributed by atoms with Crippen LogP contribution in [-0.4, -0.2) is 66.5 Å². The highest BCUT2D eigenvalue weighted by atomic mass is 16.5. The van der Waals surface area contributed by atoms with Crippen LogP contribution < -0.4 is 25.7 Å². The molecule has 1 atom stereocenters. The molecule has 5 rings (SSSR count). The summed E-state index contributed by atoms with van der Waals surface area (Å²) in [5, 5.41) is 7.52. The SMILES string of the molecule is COc1c(OCC2CNCCO2)ccc2c3n(c(=NC(=O)c4cccnc4)nc12)CCN3. The number of hydrogen-bond donors (Lipinski definition) is 2. The molecule has 3 aromatic rings. The number of aromatic nitrogens is 3. The molecule has 2 aliphatic rings. The van der Waals surface area contributed by atoms with Gasteiger partial charge in [-0.15, -0.1) is 0 Å².